The van der Waals surface area contributed by atoms with Gasteiger partial charge in [-0.1, -0.05) is 5.11 Å². The molecule has 1 aromatic heterocycles. The lowest BCUT2D eigenvalue weighted by Crippen LogP contribution is -2.43. The van der Waals surface area contributed by atoms with Crippen molar-refractivity contribution < 1.29 is 19.3 Å². The molecule has 0 bridgehead atoms. The van der Waals surface area contributed by atoms with Crippen molar-refractivity contribution in [2.75, 3.05) is 25.0 Å². The van der Waals surface area contributed by atoms with Crippen LogP contribution in [0.25, 0.3) is 10.4 Å². The summed E-state index contributed by atoms with van der Waals surface area (Å²) < 4.78 is 20.2. The van der Waals surface area contributed by atoms with Crippen molar-refractivity contribution in [3.05, 3.63) is 33.2 Å². The van der Waals surface area contributed by atoms with E-state index in [0.717, 1.165) is 4.57 Å². The Hall–Kier alpha value is -2.24. The summed E-state index contributed by atoms with van der Waals surface area (Å²) in [6, 6.07) is 1.39. The van der Waals surface area contributed by atoms with Gasteiger partial charge in [0.1, 0.15) is 11.9 Å². The van der Waals surface area contributed by atoms with Crippen LogP contribution in [0.5, 0.6) is 0 Å². The van der Waals surface area contributed by atoms with Crippen molar-refractivity contribution in [2.24, 2.45) is 10.8 Å². The Morgan fingerprint density at radius 3 is 3.00 bits per heavy atom. The second-order valence-electron chi connectivity index (χ2n) is 4.81. The molecule has 1 fully saturated rings. The van der Waals surface area contributed by atoms with Crippen LogP contribution >= 0.6 is 0 Å². The van der Waals surface area contributed by atoms with E-state index in [4.69, 9.17) is 16.0 Å². The molecule has 0 spiro atoms. The minimum Gasteiger partial charge on any atom is -0.393 e. The first-order valence-corrected chi connectivity index (χ1v) is 6.69. The first kappa shape index (κ1) is 17.1. The van der Waals surface area contributed by atoms with Crippen LogP contribution in [0.4, 0.5) is 10.2 Å². The lowest BCUT2D eigenvalue weighted by Gasteiger charge is -2.23. The number of ether oxygens (including phenoxy) is 1. The second-order valence-corrected chi connectivity index (χ2v) is 4.81. The highest BCUT2D eigenvalue weighted by molar-refractivity contribution is 5.31. The van der Waals surface area contributed by atoms with Gasteiger partial charge in [-0.2, -0.15) is 4.98 Å². The maximum absolute atomic E-state index is 14.3. The van der Waals surface area contributed by atoms with Crippen molar-refractivity contribution in [2.45, 2.75) is 24.2 Å². The highest BCUT2D eigenvalue weighted by Crippen LogP contribution is 2.39. The Kier molecular flexibility index (Phi) is 5.13. The Morgan fingerprint density at radius 2 is 2.43 bits per heavy atom. The molecule has 0 aliphatic carbocycles. The smallest absolute Gasteiger partial charge is 0.351 e. The Morgan fingerprint density at radius 1 is 1.70 bits per heavy atom. The van der Waals surface area contributed by atoms with E-state index in [2.05, 4.69) is 20.3 Å². The molecule has 1 aliphatic rings. The van der Waals surface area contributed by atoms with Gasteiger partial charge in [-0.05, 0) is 11.6 Å². The normalized spacial score (nSPS) is 30.0. The Bertz CT molecular complexity index is 664. The van der Waals surface area contributed by atoms with Crippen molar-refractivity contribution in [1.82, 2.24) is 9.55 Å². The fourth-order valence-corrected chi connectivity index (χ4v) is 2.18. The van der Waals surface area contributed by atoms with E-state index in [0.29, 0.717) is 13.1 Å². The molecule has 1 aromatic rings. The van der Waals surface area contributed by atoms with Gasteiger partial charge >= 0.3 is 5.69 Å². The number of halogens is 1. The number of alkyl halides is 1. The summed E-state index contributed by atoms with van der Waals surface area (Å²) in [6.45, 7) is -0.223. The molecule has 0 amide bonds. The monoisotopic (exact) mass is 329 g/mol. The summed E-state index contributed by atoms with van der Waals surface area (Å²) in [5.41, 5.74) is 10.8. The number of aromatic nitrogens is 2. The number of aliphatic hydroxyl groups is 2. The minimum atomic E-state index is -2.20. The molecule has 1 unspecified atom stereocenters. The first-order chi connectivity index (χ1) is 11.0. The summed E-state index contributed by atoms with van der Waals surface area (Å²) in [5, 5.41) is 25.0. The average Bonchev–Trinajstić information content (AvgIpc) is 2.79. The van der Waals surface area contributed by atoms with E-state index in [1.54, 1.807) is 0 Å². The van der Waals surface area contributed by atoms with Crippen LogP contribution in [0.15, 0.2) is 22.2 Å². The summed E-state index contributed by atoms with van der Waals surface area (Å²) in [6.07, 6.45) is -4.42. The van der Waals surface area contributed by atoms with E-state index < -0.39 is 36.5 Å². The standard InChI is InChI=1S/C11H16FN7O4/c12-7-8(21)11(5-20,17-18-14)23-9(7)19-4-1-6(15-3-2-13)16-10(19)22/h1,4,7-9,20-21H,2-3,5,13H2,(H,15,16,22)/t7-,8?,9+,11+/m0/s1. The molecule has 4 atom stereocenters. The molecule has 11 nitrogen and oxygen atoms in total. The van der Waals surface area contributed by atoms with Gasteiger partial charge in [0.2, 0.25) is 5.72 Å². The number of azide groups is 1. The van der Waals surface area contributed by atoms with Crippen molar-refractivity contribution >= 4 is 5.82 Å². The van der Waals surface area contributed by atoms with Crippen molar-refractivity contribution in [3.8, 4) is 0 Å². The van der Waals surface area contributed by atoms with Gasteiger partial charge in [0, 0.05) is 24.2 Å². The van der Waals surface area contributed by atoms with Gasteiger partial charge in [-0.3, -0.25) is 4.57 Å². The molecule has 2 rings (SSSR count). The third kappa shape index (κ3) is 3.11. The SMILES string of the molecule is [N-]=[N+]=N[C@]1(CO)O[C@@H](n2ccc(NCCN)nc2=O)[C@@H](F)C1O. The van der Waals surface area contributed by atoms with Gasteiger partial charge in [-0.25, -0.2) is 9.18 Å². The van der Waals surface area contributed by atoms with Crippen LogP contribution < -0.4 is 16.7 Å². The molecule has 23 heavy (non-hydrogen) atoms. The molecule has 0 aromatic carbocycles. The number of nitrogens with two attached hydrogens (primary N) is 1. The zero-order valence-corrected chi connectivity index (χ0v) is 11.9. The number of hydrogen-bond donors (Lipinski definition) is 4. The van der Waals surface area contributed by atoms with Crippen LogP contribution in [0, 0.1) is 0 Å². The third-order valence-corrected chi connectivity index (χ3v) is 3.36. The zero-order chi connectivity index (χ0) is 17.0. The number of anilines is 1. The van der Waals surface area contributed by atoms with E-state index in [1.807, 2.05) is 0 Å². The summed E-state index contributed by atoms with van der Waals surface area (Å²) in [4.78, 5) is 18.1. The molecule has 126 valence electrons. The van der Waals surface area contributed by atoms with Crippen molar-refractivity contribution in [1.29, 1.82) is 0 Å². The maximum Gasteiger partial charge on any atom is 0.351 e. The molecule has 2 heterocycles. The summed E-state index contributed by atoms with van der Waals surface area (Å²) in [7, 11) is 0. The maximum atomic E-state index is 14.3. The molecule has 0 radical (unpaired) electrons. The van der Waals surface area contributed by atoms with Gasteiger partial charge in [0.25, 0.3) is 0 Å². The largest absolute Gasteiger partial charge is 0.393 e. The van der Waals surface area contributed by atoms with Gasteiger partial charge in [0.15, 0.2) is 12.4 Å². The molecule has 5 N–H and O–H groups in total. The van der Waals surface area contributed by atoms with E-state index in [9.17, 15) is 19.4 Å². The predicted molar refractivity (Wildman–Crippen MR) is 76.0 cm³/mol. The van der Waals surface area contributed by atoms with Crippen LogP contribution in [0.1, 0.15) is 6.23 Å². The number of hydrogen-bond acceptors (Lipinski definition) is 8. The van der Waals surface area contributed by atoms with Gasteiger partial charge < -0.3 is 26.0 Å². The topological polar surface area (TPSA) is 171 Å². The average molecular weight is 329 g/mol. The van der Waals surface area contributed by atoms with Crippen LogP contribution in [0.2, 0.25) is 0 Å². The first-order valence-electron chi connectivity index (χ1n) is 6.69. The molecular weight excluding hydrogens is 313 g/mol. The van der Waals surface area contributed by atoms with Crippen LogP contribution in [-0.4, -0.2) is 57.5 Å². The molecular formula is C11H16FN7O4. The summed E-state index contributed by atoms with van der Waals surface area (Å²) >= 11 is 0. The third-order valence-electron chi connectivity index (χ3n) is 3.36. The summed E-state index contributed by atoms with van der Waals surface area (Å²) in [5.74, 6) is 0.245. The number of aliphatic hydroxyl groups excluding tert-OH is 2. The number of nitrogens with zero attached hydrogens (tertiary/aromatic N) is 5. The lowest BCUT2D eigenvalue weighted by atomic mass is 10.1. The minimum absolute atomic E-state index is 0.245. The quantitative estimate of drug-likeness (QED) is 0.289. The molecule has 12 heteroatoms. The van der Waals surface area contributed by atoms with Crippen molar-refractivity contribution in [3.63, 3.8) is 0 Å². The molecule has 0 saturated carbocycles. The highest BCUT2D eigenvalue weighted by atomic mass is 19.1. The van der Waals surface area contributed by atoms with Crippen LogP contribution in [0.3, 0.4) is 0 Å². The van der Waals surface area contributed by atoms with E-state index in [-0.39, 0.29) is 5.82 Å². The number of nitrogens with one attached hydrogen (secondary N) is 1. The zero-order valence-electron chi connectivity index (χ0n) is 11.9. The Labute approximate surface area is 129 Å². The molecule has 1 aliphatic heterocycles. The number of rotatable bonds is 6. The highest BCUT2D eigenvalue weighted by Gasteiger charge is 2.56. The van der Waals surface area contributed by atoms with Gasteiger partial charge in [0.05, 0.1) is 6.61 Å². The fraction of sp³-hybridized carbons (Fsp3) is 0.636. The van der Waals surface area contributed by atoms with E-state index >= 15 is 0 Å². The van der Waals surface area contributed by atoms with E-state index in [1.165, 1.54) is 12.3 Å². The molecule has 1 saturated heterocycles. The lowest BCUT2D eigenvalue weighted by molar-refractivity contribution is -0.124. The predicted octanol–water partition coefficient (Wildman–Crippen LogP) is -1.16. The van der Waals surface area contributed by atoms with Crippen LogP contribution in [-0.2, 0) is 4.74 Å². The Balaban J connectivity index is 2.32. The van der Waals surface area contributed by atoms with Gasteiger partial charge in [-0.15, -0.1) is 0 Å². The fourth-order valence-electron chi connectivity index (χ4n) is 2.18. The second kappa shape index (κ2) is 6.89.